The number of hydrogen-bond acceptors (Lipinski definition) is 5. The third-order valence-electron chi connectivity index (χ3n) is 4.72. The van der Waals surface area contributed by atoms with Gasteiger partial charge in [0, 0.05) is 10.4 Å². The van der Waals surface area contributed by atoms with Crippen molar-refractivity contribution in [3.05, 3.63) is 92.1 Å². The van der Waals surface area contributed by atoms with E-state index in [-0.39, 0.29) is 5.76 Å². The molecule has 4 rings (SSSR count). The van der Waals surface area contributed by atoms with Crippen LogP contribution in [0.5, 0.6) is 11.5 Å². The number of nitrogens with zero attached hydrogens (tertiary/aromatic N) is 1. The Bertz CT molecular complexity index is 1330. The Balaban J connectivity index is 1.39. The summed E-state index contributed by atoms with van der Waals surface area (Å²) in [5, 5.41) is 5.84. The molecular weight excluding hydrogens is 543 g/mol. The van der Waals surface area contributed by atoms with Crippen LogP contribution in [0.1, 0.15) is 28.6 Å². The number of carbonyl (C=O) groups excluding carboxylic acids is 1. The number of carbonyl (C=O) groups is 1. The van der Waals surface area contributed by atoms with Gasteiger partial charge in [-0.15, -0.1) is 0 Å². The van der Waals surface area contributed by atoms with Crippen molar-refractivity contribution in [2.45, 2.75) is 13.5 Å². The van der Waals surface area contributed by atoms with Crippen LogP contribution in [0.25, 0.3) is 11.0 Å². The van der Waals surface area contributed by atoms with Crippen molar-refractivity contribution >= 4 is 62.2 Å². The zero-order valence-corrected chi connectivity index (χ0v) is 21.1. The Morgan fingerprint density at radius 2 is 1.88 bits per heavy atom. The minimum atomic E-state index is -0.474. The predicted molar refractivity (Wildman–Crippen MR) is 137 cm³/mol. The Hall–Kier alpha value is -3.00. The highest BCUT2D eigenvalue weighted by atomic mass is 79.9. The van der Waals surface area contributed by atoms with E-state index < -0.39 is 5.91 Å². The van der Waals surface area contributed by atoms with Gasteiger partial charge in [0.2, 0.25) is 0 Å². The predicted octanol–water partition coefficient (Wildman–Crippen LogP) is 7.24. The second-order valence-electron chi connectivity index (χ2n) is 7.17. The fraction of sp³-hybridized carbons (Fsp3) is 0.120. The van der Waals surface area contributed by atoms with Crippen molar-refractivity contribution in [3.8, 4) is 11.5 Å². The first kappa shape index (κ1) is 24.1. The van der Waals surface area contributed by atoms with Crippen molar-refractivity contribution in [3.63, 3.8) is 0 Å². The molecule has 1 N–H and O–H groups in total. The lowest BCUT2D eigenvalue weighted by atomic mass is 10.2. The molecule has 34 heavy (non-hydrogen) atoms. The molecule has 3 aromatic carbocycles. The second kappa shape index (κ2) is 11.0. The van der Waals surface area contributed by atoms with Gasteiger partial charge in [0.15, 0.2) is 11.5 Å². The summed E-state index contributed by atoms with van der Waals surface area (Å²) in [7, 11) is 0. The Morgan fingerprint density at radius 3 is 2.62 bits per heavy atom. The number of ether oxygens (including phenoxy) is 2. The molecule has 1 aromatic heterocycles. The molecule has 0 spiro atoms. The highest BCUT2D eigenvalue weighted by Gasteiger charge is 2.13. The summed E-state index contributed by atoms with van der Waals surface area (Å²) in [5.41, 5.74) is 4.67. The molecule has 0 saturated heterocycles. The molecule has 1 heterocycles. The number of halogens is 3. The minimum Gasteiger partial charge on any atom is -0.494 e. The van der Waals surface area contributed by atoms with Crippen LogP contribution in [0.15, 0.2) is 74.7 Å². The van der Waals surface area contributed by atoms with E-state index in [4.69, 9.17) is 37.1 Å². The van der Waals surface area contributed by atoms with Gasteiger partial charge in [0.05, 0.1) is 22.3 Å². The maximum atomic E-state index is 12.4. The number of furan rings is 1. The van der Waals surface area contributed by atoms with Crippen LogP contribution < -0.4 is 14.9 Å². The highest BCUT2D eigenvalue weighted by Crippen LogP contribution is 2.35. The number of rotatable bonds is 8. The standard InChI is InChI=1S/C25H19BrCl2N2O4/c1-2-32-19-7-8-22-17(11-19)12-23(34-22)25(31)30-29-13-16-9-20(26)24(21(28)10-16)33-14-15-3-5-18(27)6-4-15/h3-13H,2,14H2,1H3,(H,30,31)/b29-13+. The molecule has 9 heteroatoms. The SMILES string of the molecule is CCOc1ccc2oc(C(=O)N/N=C/c3cc(Cl)c(OCc4ccc(Cl)cc4)c(Br)c3)cc2c1. The number of fused-ring (bicyclic) bond motifs is 1. The molecule has 174 valence electrons. The minimum absolute atomic E-state index is 0.144. The molecule has 0 bridgehead atoms. The molecule has 0 unspecified atom stereocenters. The number of hydrazone groups is 1. The van der Waals surface area contributed by atoms with E-state index in [2.05, 4.69) is 26.5 Å². The molecule has 4 aromatic rings. The number of amides is 1. The van der Waals surface area contributed by atoms with Crippen LogP contribution in [-0.4, -0.2) is 18.7 Å². The molecule has 0 radical (unpaired) electrons. The van der Waals surface area contributed by atoms with Gasteiger partial charge in [0.1, 0.15) is 17.9 Å². The topological polar surface area (TPSA) is 73.1 Å². The van der Waals surface area contributed by atoms with E-state index in [0.29, 0.717) is 50.4 Å². The van der Waals surface area contributed by atoms with E-state index >= 15 is 0 Å². The molecule has 0 aliphatic rings. The third kappa shape index (κ3) is 5.91. The summed E-state index contributed by atoms with van der Waals surface area (Å²) in [6.45, 7) is 2.80. The lowest BCUT2D eigenvalue weighted by Gasteiger charge is -2.11. The average Bonchev–Trinajstić information content (AvgIpc) is 3.23. The van der Waals surface area contributed by atoms with Crippen LogP contribution in [0.3, 0.4) is 0 Å². The van der Waals surface area contributed by atoms with Crippen molar-refractivity contribution in [2.24, 2.45) is 5.10 Å². The van der Waals surface area contributed by atoms with Crippen LogP contribution in [0, 0.1) is 0 Å². The number of hydrogen-bond donors (Lipinski definition) is 1. The van der Waals surface area contributed by atoms with Gasteiger partial charge in [-0.1, -0.05) is 35.3 Å². The van der Waals surface area contributed by atoms with E-state index in [9.17, 15) is 4.79 Å². The highest BCUT2D eigenvalue weighted by molar-refractivity contribution is 9.10. The monoisotopic (exact) mass is 560 g/mol. The largest absolute Gasteiger partial charge is 0.494 e. The van der Waals surface area contributed by atoms with Gasteiger partial charge in [-0.05, 0) is 82.5 Å². The smallest absolute Gasteiger partial charge is 0.307 e. The summed E-state index contributed by atoms with van der Waals surface area (Å²) >= 11 is 15.8. The van der Waals surface area contributed by atoms with Gasteiger partial charge in [0.25, 0.3) is 0 Å². The zero-order valence-electron chi connectivity index (χ0n) is 18.0. The quantitative estimate of drug-likeness (QED) is 0.182. The van der Waals surface area contributed by atoms with E-state index in [1.165, 1.54) is 6.21 Å². The van der Waals surface area contributed by atoms with Crippen molar-refractivity contribution in [1.29, 1.82) is 0 Å². The molecule has 0 fully saturated rings. The van der Waals surface area contributed by atoms with Crippen LogP contribution in [0.2, 0.25) is 10.0 Å². The molecule has 0 atom stereocenters. The maximum absolute atomic E-state index is 12.4. The summed E-state index contributed by atoms with van der Waals surface area (Å²) in [4.78, 5) is 12.4. The summed E-state index contributed by atoms with van der Waals surface area (Å²) in [6, 6.07) is 17.9. The van der Waals surface area contributed by atoms with E-state index in [1.54, 1.807) is 42.5 Å². The molecular formula is C25H19BrCl2N2O4. The first-order valence-corrected chi connectivity index (χ1v) is 11.8. The first-order chi connectivity index (χ1) is 16.4. The van der Waals surface area contributed by atoms with Gasteiger partial charge >= 0.3 is 5.91 Å². The number of benzene rings is 3. The van der Waals surface area contributed by atoms with Gasteiger partial charge in [-0.2, -0.15) is 5.10 Å². The summed E-state index contributed by atoms with van der Waals surface area (Å²) in [5.74, 6) is 0.889. The lowest BCUT2D eigenvalue weighted by Crippen LogP contribution is -2.16. The third-order valence-corrected chi connectivity index (χ3v) is 5.84. The van der Waals surface area contributed by atoms with Crippen LogP contribution in [0.4, 0.5) is 0 Å². The molecule has 0 aliphatic heterocycles. The van der Waals surface area contributed by atoms with E-state index in [1.807, 2.05) is 25.1 Å². The van der Waals surface area contributed by atoms with Crippen molar-refractivity contribution in [2.75, 3.05) is 6.61 Å². The first-order valence-electron chi connectivity index (χ1n) is 10.3. The summed E-state index contributed by atoms with van der Waals surface area (Å²) in [6.07, 6.45) is 1.48. The average molecular weight is 562 g/mol. The fourth-order valence-electron chi connectivity index (χ4n) is 3.14. The normalized spacial score (nSPS) is 11.2. The summed E-state index contributed by atoms with van der Waals surface area (Å²) < 4.78 is 17.6. The number of nitrogens with one attached hydrogen (secondary N) is 1. The molecule has 0 saturated carbocycles. The second-order valence-corrected chi connectivity index (χ2v) is 8.87. The molecule has 6 nitrogen and oxygen atoms in total. The fourth-order valence-corrected chi connectivity index (χ4v) is 4.25. The van der Waals surface area contributed by atoms with Gasteiger partial charge < -0.3 is 13.9 Å². The lowest BCUT2D eigenvalue weighted by molar-refractivity contribution is 0.0929. The zero-order chi connectivity index (χ0) is 24.1. The van der Waals surface area contributed by atoms with Crippen molar-refractivity contribution in [1.82, 2.24) is 5.43 Å². The van der Waals surface area contributed by atoms with Gasteiger partial charge in [-0.25, -0.2) is 5.43 Å². The van der Waals surface area contributed by atoms with E-state index in [0.717, 1.165) is 10.9 Å². The molecule has 1 amide bonds. The maximum Gasteiger partial charge on any atom is 0.307 e. The van der Waals surface area contributed by atoms with Crippen LogP contribution >= 0.6 is 39.1 Å². The van der Waals surface area contributed by atoms with Crippen LogP contribution in [-0.2, 0) is 6.61 Å². The Morgan fingerprint density at radius 1 is 1.09 bits per heavy atom. The van der Waals surface area contributed by atoms with Crippen molar-refractivity contribution < 1.29 is 18.7 Å². The van der Waals surface area contributed by atoms with Gasteiger partial charge in [-0.3, -0.25) is 4.79 Å². The Kier molecular flexibility index (Phi) is 7.77. The molecule has 0 aliphatic carbocycles. The Labute approximate surface area is 214 Å².